The van der Waals surface area contributed by atoms with Gasteiger partial charge in [-0.15, -0.1) is 0 Å². The number of esters is 1. The molecule has 2 rings (SSSR count). The summed E-state index contributed by atoms with van der Waals surface area (Å²) in [5.74, 6) is 0.401. The van der Waals surface area contributed by atoms with Gasteiger partial charge in [0.2, 0.25) is 0 Å². The number of carbonyl (C=O) groups is 1. The minimum Gasteiger partial charge on any atom is -0.463 e. The van der Waals surface area contributed by atoms with E-state index in [-0.39, 0.29) is 11.9 Å². The largest absolute Gasteiger partial charge is 0.463 e. The van der Waals surface area contributed by atoms with Gasteiger partial charge in [0.25, 0.3) is 0 Å². The maximum atomic E-state index is 11.6. The van der Waals surface area contributed by atoms with E-state index in [4.69, 9.17) is 9.47 Å². The molecular weight excluding hydrogens is 224 g/mol. The molecule has 16 heavy (non-hydrogen) atoms. The molecule has 1 aliphatic carbocycles. The molecule has 0 bridgehead atoms. The van der Waals surface area contributed by atoms with Crippen molar-refractivity contribution < 1.29 is 14.3 Å². The van der Waals surface area contributed by atoms with Crippen LogP contribution in [0.2, 0.25) is 0 Å². The fourth-order valence-corrected chi connectivity index (χ4v) is 2.49. The van der Waals surface area contributed by atoms with Crippen molar-refractivity contribution in [1.29, 1.82) is 0 Å². The first kappa shape index (κ1) is 11.6. The maximum absolute atomic E-state index is 11.6. The van der Waals surface area contributed by atoms with Crippen LogP contribution in [0.25, 0.3) is 0 Å². The van der Waals surface area contributed by atoms with Crippen LogP contribution in [-0.2, 0) is 14.3 Å². The molecule has 0 aromatic carbocycles. The lowest BCUT2D eigenvalue weighted by Crippen LogP contribution is -2.12. The Morgan fingerprint density at radius 2 is 2.44 bits per heavy atom. The smallest absolute Gasteiger partial charge is 0.309 e. The van der Waals surface area contributed by atoms with E-state index in [0.29, 0.717) is 25.7 Å². The zero-order chi connectivity index (χ0) is 11.4. The topological polar surface area (TPSA) is 35.5 Å². The minimum absolute atomic E-state index is 0.0732. The SMILES string of the molecule is CCOCCOC(=O)[C@@H]1C[C@H]1c1ccsc1. The van der Waals surface area contributed by atoms with Gasteiger partial charge in [0.05, 0.1) is 12.5 Å². The Kier molecular flexibility index (Phi) is 3.96. The van der Waals surface area contributed by atoms with Crippen LogP contribution >= 0.6 is 11.3 Å². The predicted molar refractivity (Wildman–Crippen MR) is 62.6 cm³/mol. The average Bonchev–Trinajstić information content (AvgIpc) is 2.91. The third kappa shape index (κ3) is 2.83. The molecule has 0 radical (unpaired) electrons. The van der Waals surface area contributed by atoms with Crippen LogP contribution < -0.4 is 0 Å². The molecule has 0 amide bonds. The second-order valence-corrected chi connectivity index (χ2v) is 4.65. The lowest BCUT2D eigenvalue weighted by molar-refractivity contribution is -0.146. The minimum atomic E-state index is -0.0732. The van der Waals surface area contributed by atoms with E-state index in [0.717, 1.165) is 6.42 Å². The van der Waals surface area contributed by atoms with Crippen LogP contribution in [0.3, 0.4) is 0 Å². The molecule has 4 heteroatoms. The van der Waals surface area contributed by atoms with Gasteiger partial charge in [-0.3, -0.25) is 4.79 Å². The number of rotatable bonds is 6. The molecule has 0 N–H and O–H groups in total. The molecule has 0 saturated heterocycles. The molecule has 3 nitrogen and oxygen atoms in total. The Balaban J connectivity index is 1.69. The van der Waals surface area contributed by atoms with Crippen molar-refractivity contribution in [2.75, 3.05) is 19.8 Å². The van der Waals surface area contributed by atoms with Gasteiger partial charge in [-0.1, -0.05) is 0 Å². The maximum Gasteiger partial charge on any atom is 0.309 e. The molecule has 1 saturated carbocycles. The monoisotopic (exact) mass is 240 g/mol. The summed E-state index contributed by atoms with van der Waals surface area (Å²) >= 11 is 1.67. The second kappa shape index (κ2) is 5.46. The Morgan fingerprint density at radius 3 is 3.12 bits per heavy atom. The second-order valence-electron chi connectivity index (χ2n) is 3.87. The highest BCUT2D eigenvalue weighted by Gasteiger charge is 2.45. The zero-order valence-electron chi connectivity index (χ0n) is 9.35. The normalized spacial score (nSPS) is 23.1. The summed E-state index contributed by atoms with van der Waals surface area (Å²) in [6.07, 6.45) is 0.935. The molecule has 1 aliphatic rings. The third-order valence-corrected chi connectivity index (χ3v) is 3.44. The summed E-state index contributed by atoms with van der Waals surface area (Å²) < 4.78 is 10.2. The van der Waals surface area contributed by atoms with E-state index < -0.39 is 0 Å². The van der Waals surface area contributed by atoms with Gasteiger partial charge < -0.3 is 9.47 Å². The van der Waals surface area contributed by atoms with Gasteiger partial charge in [0, 0.05) is 6.61 Å². The number of ether oxygens (including phenoxy) is 2. The lowest BCUT2D eigenvalue weighted by Gasteiger charge is -2.03. The van der Waals surface area contributed by atoms with Gasteiger partial charge in [0.15, 0.2) is 0 Å². The fourth-order valence-electron chi connectivity index (χ4n) is 1.76. The highest BCUT2D eigenvalue weighted by molar-refractivity contribution is 7.08. The van der Waals surface area contributed by atoms with Crippen molar-refractivity contribution in [2.45, 2.75) is 19.3 Å². The van der Waals surface area contributed by atoms with Gasteiger partial charge >= 0.3 is 5.97 Å². The average molecular weight is 240 g/mol. The molecule has 0 unspecified atom stereocenters. The molecule has 1 aromatic heterocycles. The summed E-state index contributed by atoms with van der Waals surface area (Å²) in [6.45, 7) is 3.46. The van der Waals surface area contributed by atoms with Crippen LogP contribution in [-0.4, -0.2) is 25.8 Å². The summed E-state index contributed by atoms with van der Waals surface area (Å²) in [4.78, 5) is 11.6. The first-order valence-corrected chi connectivity index (χ1v) is 6.53. The van der Waals surface area contributed by atoms with Crippen molar-refractivity contribution >= 4 is 17.3 Å². The van der Waals surface area contributed by atoms with E-state index in [1.165, 1.54) is 5.56 Å². The molecule has 1 heterocycles. The molecule has 2 atom stereocenters. The summed E-state index contributed by atoms with van der Waals surface area (Å²) in [5.41, 5.74) is 1.27. The summed E-state index contributed by atoms with van der Waals surface area (Å²) in [5, 5.41) is 4.16. The number of hydrogen-bond acceptors (Lipinski definition) is 4. The van der Waals surface area contributed by atoms with E-state index >= 15 is 0 Å². The van der Waals surface area contributed by atoms with E-state index in [1.807, 2.05) is 12.3 Å². The van der Waals surface area contributed by atoms with Crippen molar-refractivity contribution in [3.05, 3.63) is 22.4 Å². The van der Waals surface area contributed by atoms with Gasteiger partial charge in [-0.25, -0.2) is 0 Å². The van der Waals surface area contributed by atoms with Crippen molar-refractivity contribution in [3.63, 3.8) is 0 Å². The first-order chi connectivity index (χ1) is 7.83. The van der Waals surface area contributed by atoms with Crippen LogP contribution in [0.4, 0.5) is 0 Å². The predicted octanol–water partition coefficient (Wildman–Crippen LogP) is 2.43. The molecule has 1 fully saturated rings. The van der Waals surface area contributed by atoms with Gasteiger partial charge in [-0.05, 0) is 41.7 Å². The van der Waals surface area contributed by atoms with E-state index in [2.05, 4.69) is 11.4 Å². The summed E-state index contributed by atoms with van der Waals surface area (Å²) in [7, 11) is 0. The lowest BCUT2D eigenvalue weighted by atomic mass is 10.2. The quantitative estimate of drug-likeness (QED) is 0.566. The van der Waals surface area contributed by atoms with Crippen molar-refractivity contribution in [1.82, 2.24) is 0 Å². The summed E-state index contributed by atoms with van der Waals surface area (Å²) in [6, 6.07) is 2.09. The Bertz CT molecular complexity index is 334. The Morgan fingerprint density at radius 1 is 1.56 bits per heavy atom. The third-order valence-electron chi connectivity index (χ3n) is 2.74. The molecule has 1 aromatic rings. The first-order valence-electron chi connectivity index (χ1n) is 5.59. The van der Waals surface area contributed by atoms with Crippen molar-refractivity contribution in [2.24, 2.45) is 5.92 Å². The number of hydrogen-bond donors (Lipinski definition) is 0. The number of thiophene rings is 1. The number of carbonyl (C=O) groups excluding carboxylic acids is 1. The standard InChI is InChI=1S/C12H16O3S/c1-2-14-4-5-15-12(13)11-7-10(11)9-3-6-16-8-9/h3,6,8,10-11H,2,4-5,7H2,1H3/t10-,11+/m0/s1. The Hall–Kier alpha value is -0.870. The van der Waals surface area contributed by atoms with Crippen LogP contribution in [0, 0.1) is 5.92 Å². The molecule has 88 valence electrons. The van der Waals surface area contributed by atoms with Crippen LogP contribution in [0.1, 0.15) is 24.8 Å². The highest BCUT2D eigenvalue weighted by atomic mass is 32.1. The van der Waals surface area contributed by atoms with Gasteiger partial charge in [-0.2, -0.15) is 11.3 Å². The van der Waals surface area contributed by atoms with Crippen LogP contribution in [0.5, 0.6) is 0 Å². The highest BCUT2D eigenvalue weighted by Crippen LogP contribution is 2.48. The fraction of sp³-hybridized carbons (Fsp3) is 0.583. The van der Waals surface area contributed by atoms with Gasteiger partial charge in [0.1, 0.15) is 6.61 Å². The van der Waals surface area contributed by atoms with E-state index in [1.54, 1.807) is 11.3 Å². The Labute approximate surface area is 99.4 Å². The molecule has 0 aliphatic heterocycles. The van der Waals surface area contributed by atoms with Crippen molar-refractivity contribution in [3.8, 4) is 0 Å². The zero-order valence-corrected chi connectivity index (χ0v) is 10.2. The molecule has 0 spiro atoms. The van der Waals surface area contributed by atoms with Crippen LogP contribution in [0.15, 0.2) is 16.8 Å². The van der Waals surface area contributed by atoms with E-state index in [9.17, 15) is 4.79 Å². The molecular formula is C12H16O3S.